The van der Waals surface area contributed by atoms with Crippen molar-refractivity contribution in [1.29, 1.82) is 0 Å². The van der Waals surface area contributed by atoms with E-state index in [4.69, 9.17) is 4.74 Å². The van der Waals surface area contributed by atoms with Gasteiger partial charge in [0.15, 0.2) is 0 Å². The lowest BCUT2D eigenvalue weighted by molar-refractivity contribution is -0.0380. The molecule has 1 saturated heterocycles. The van der Waals surface area contributed by atoms with Gasteiger partial charge in [-0.3, -0.25) is 0 Å². The molecule has 0 N–H and O–H groups in total. The Hall–Kier alpha value is -1.36. The van der Waals surface area contributed by atoms with Gasteiger partial charge in [0.1, 0.15) is 5.75 Å². The largest absolute Gasteiger partial charge is 0.493 e. The minimum Gasteiger partial charge on any atom is -0.493 e. The van der Waals surface area contributed by atoms with Gasteiger partial charge in [-0.1, -0.05) is 24.3 Å². The van der Waals surface area contributed by atoms with E-state index in [2.05, 4.69) is 0 Å². The van der Waals surface area contributed by atoms with Gasteiger partial charge in [0, 0.05) is 10.3 Å². The van der Waals surface area contributed by atoms with Gasteiger partial charge in [-0.2, -0.15) is 13.2 Å². The number of rotatable bonds is 3. The average Bonchev–Trinajstić information content (AvgIpc) is 2.98. The fourth-order valence-corrected chi connectivity index (χ4v) is 6.92. The lowest BCUT2D eigenvalue weighted by Gasteiger charge is -2.38. The topological polar surface area (TPSA) is 9.23 Å². The number of fused-ring (bicyclic) bond motifs is 1. The Morgan fingerprint density at radius 2 is 1.64 bits per heavy atom. The van der Waals surface area contributed by atoms with Crippen molar-refractivity contribution >= 4 is 20.8 Å². The molecule has 0 unspecified atom stereocenters. The highest BCUT2D eigenvalue weighted by Crippen LogP contribution is 2.72. The van der Waals surface area contributed by atoms with Crippen molar-refractivity contribution in [2.45, 2.75) is 30.2 Å². The normalized spacial score (nSPS) is 19.3. The molecule has 0 atom stereocenters. The quantitative estimate of drug-likeness (QED) is 0.700. The van der Waals surface area contributed by atoms with Crippen LogP contribution in [0.3, 0.4) is 0 Å². The molecule has 1 nitrogen and oxygen atoms in total. The predicted octanol–water partition coefficient (Wildman–Crippen LogP) is 5.72. The van der Waals surface area contributed by atoms with E-state index in [9.17, 15) is 13.2 Å². The van der Waals surface area contributed by atoms with Crippen LogP contribution in [0.25, 0.3) is 10.8 Å². The van der Waals surface area contributed by atoms with Crippen LogP contribution < -0.4 is 4.74 Å². The minimum absolute atomic E-state index is 0.258. The Bertz CT molecular complexity index is 675. The van der Waals surface area contributed by atoms with Crippen LogP contribution >= 0.6 is 10.0 Å². The van der Waals surface area contributed by atoms with Crippen LogP contribution in [0.2, 0.25) is 0 Å². The maximum absolute atomic E-state index is 13.9. The van der Waals surface area contributed by atoms with Crippen LogP contribution in [0.4, 0.5) is 13.2 Å². The lowest BCUT2D eigenvalue weighted by Crippen LogP contribution is -2.22. The predicted molar refractivity (Wildman–Crippen MR) is 86.0 cm³/mol. The minimum atomic E-state index is -4.14. The molecule has 5 heteroatoms. The molecule has 0 spiro atoms. The molecule has 22 heavy (non-hydrogen) atoms. The summed E-state index contributed by atoms with van der Waals surface area (Å²) < 4.78 is 47.2. The standard InChI is InChI=1S/C17H19F3OS/c1-2-21-15-9-10-16(14-8-4-3-7-13(14)15)22(17(18,19)20)11-5-6-12-22/h3-4,7-10H,2,5-6,11-12H2,1H3. The second-order valence-electron chi connectivity index (χ2n) is 5.49. The first kappa shape index (κ1) is 15.5. The average molecular weight is 328 g/mol. The van der Waals surface area contributed by atoms with Gasteiger partial charge in [0.25, 0.3) is 0 Å². The molecule has 1 heterocycles. The summed E-state index contributed by atoms with van der Waals surface area (Å²) in [6.07, 6.45) is 1.33. The Kier molecular flexibility index (Phi) is 4.02. The Labute approximate surface area is 129 Å². The van der Waals surface area contributed by atoms with E-state index in [1.165, 1.54) is 0 Å². The summed E-state index contributed by atoms with van der Waals surface area (Å²) in [6.45, 7) is 2.38. The SMILES string of the molecule is CCOc1ccc(S2(C(F)(F)F)CCCC2)c2ccccc12. The van der Waals surface area contributed by atoms with Gasteiger partial charge in [0.2, 0.25) is 0 Å². The highest BCUT2D eigenvalue weighted by Gasteiger charge is 2.53. The zero-order valence-corrected chi connectivity index (χ0v) is 13.3. The van der Waals surface area contributed by atoms with Crippen molar-refractivity contribution < 1.29 is 17.9 Å². The molecule has 3 rings (SSSR count). The molecular formula is C17H19F3OS. The molecule has 0 amide bonds. The molecule has 0 radical (unpaired) electrons. The van der Waals surface area contributed by atoms with Gasteiger partial charge in [-0.15, -0.1) is 10.0 Å². The number of alkyl halides is 3. The summed E-state index contributed by atoms with van der Waals surface area (Å²) in [5.74, 6) is 1.18. The van der Waals surface area contributed by atoms with E-state index >= 15 is 0 Å². The van der Waals surface area contributed by atoms with Gasteiger partial charge < -0.3 is 4.74 Å². The maximum Gasteiger partial charge on any atom is 0.429 e. The third-order valence-corrected chi connectivity index (χ3v) is 8.30. The van der Waals surface area contributed by atoms with Crippen molar-refractivity contribution in [3.05, 3.63) is 36.4 Å². The van der Waals surface area contributed by atoms with Gasteiger partial charge in [-0.25, -0.2) is 0 Å². The zero-order chi connectivity index (χ0) is 15.8. The second-order valence-corrected chi connectivity index (χ2v) is 8.97. The zero-order valence-electron chi connectivity index (χ0n) is 12.5. The van der Waals surface area contributed by atoms with Gasteiger partial charge in [0.05, 0.1) is 6.61 Å². The van der Waals surface area contributed by atoms with Gasteiger partial charge in [-0.05, 0) is 48.8 Å². The van der Waals surface area contributed by atoms with Crippen molar-refractivity contribution in [2.75, 3.05) is 18.1 Å². The van der Waals surface area contributed by atoms with Gasteiger partial charge >= 0.3 is 5.51 Å². The molecule has 120 valence electrons. The summed E-state index contributed by atoms with van der Waals surface area (Å²) in [5.41, 5.74) is -4.14. The van der Waals surface area contributed by atoms with Crippen molar-refractivity contribution in [2.24, 2.45) is 0 Å². The fourth-order valence-electron chi connectivity index (χ4n) is 3.24. The number of halogens is 3. The molecule has 0 saturated carbocycles. The molecule has 1 fully saturated rings. The maximum atomic E-state index is 13.9. The third-order valence-electron chi connectivity index (χ3n) is 4.24. The first-order valence-electron chi connectivity index (χ1n) is 7.49. The Morgan fingerprint density at radius 1 is 1.00 bits per heavy atom. The van der Waals surface area contributed by atoms with Crippen LogP contribution in [0.1, 0.15) is 19.8 Å². The molecule has 1 aliphatic rings. The lowest BCUT2D eigenvalue weighted by atomic mass is 10.1. The molecule has 0 aromatic heterocycles. The van der Waals surface area contributed by atoms with E-state index in [1.54, 1.807) is 24.3 Å². The van der Waals surface area contributed by atoms with Crippen LogP contribution in [-0.2, 0) is 0 Å². The van der Waals surface area contributed by atoms with Crippen molar-refractivity contribution in [3.8, 4) is 5.75 Å². The van der Waals surface area contributed by atoms with Crippen LogP contribution in [-0.4, -0.2) is 23.6 Å². The summed E-state index contributed by atoms with van der Waals surface area (Å²) in [7, 11) is -2.77. The number of hydrogen-bond acceptors (Lipinski definition) is 1. The fraction of sp³-hybridized carbons (Fsp3) is 0.412. The van der Waals surface area contributed by atoms with Crippen LogP contribution in [0, 0.1) is 0 Å². The van der Waals surface area contributed by atoms with Crippen molar-refractivity contribution in [3.63, 3.8) is 0 Å². The van der Waals surface area contributed by atoms with Crippen molar-refractivity contribution in [1.82, 2.24) is 0 Å². The Morgan fingerprint density at radius 3 is 2.23 bits per heavy atom. The summed E-state index contributed by atoms with van der Waals surface area (Å²) in [4.78, 5) is 0.483. The Balaban J connectivity index is 2.25. The number of benzene rings is 2. The molecule has 1 aliphatic heterocycles. The first-order chi connectivity index (χ1) is 10.5. The van der Waals surface area contributed by atoms with E-state index in [1.807, 2.05) is 19.1 Å². The summed E-state index contributed by atoms with van der Waals surface area (Å²) in [6, 6.07) is 10.7. The second kappa shape index (κ2) is 5.69. The monoisotopic (exact) mass is 328 g/mol. The van der Waals surface area contributed by atoms with E-state index < -0.39 is 15.5 Å². The number of ether oxygens (including phenoxy) is 1. The molecule has 2 aromatic carbocycles. The van der Waals surface area contributed by atoms with Crippen LogP contribution in [0.5, 0.6) is 5.75 Å². The summed E-state index contributed by atoms with van der Waals surface area (Å²) in [5, 5.41) is 1.48. The molecule has 2 aromatic rings. The molecule has 0 aliphatic carbocycles. The smallest absolute Gasteiger partial charge is 0.429 e. The summed E-state index contributed by atoms with van der Waals surface area (Å²) >= 11 is 0. The van der Waals surface area contributed by atoms with Crippen LogP contribution in [0.15, 0.2) is 41.3 Å². The molecule has 0 bridgehead atoms. The molecular weight excluding hydrogens is 309 g/mol. The first-order valence-corrected chi connectivity index (χ1v) is 9.46. The highest BCUT2D eigenvalue weighted by molar-refractivity contribution is 8.34. The van der Waals surface area contributed by atoms with E-state index in [0.717, 1.165) is 5.39 Å². The third kappa shape index (κ3) is 2.35. The number of hydrogen-bond donors (Lipinski definition) is 0. The highest BCUT2D eigenvalue weighted by atomic mass is 32.3. The van der Waals surface area contributed by atoms with E-state index in [0.29, 0.717) is 35.5 Å². The van der Waals surface area contributed by atoms with E-state index in [-0.39, 0.29) is 11.5 Å².